The first-order valence-corrected chi connectivity index (χ1v) is 14.7. The van der Waals surface area contributed by atoms with Crippen molar-refractivity contribution in [3.8, 4) is 47.0 Å². The maximum Gasteiger partial charge on any atom is 0.361 e. The molecule has 1 N–H and O–H groups in total. The van der Waals surface area contributed by atoms with Gasteiger partial charge in [0.05, 0.1) is 50.8 Å². The lowest BCUT2D eigenvalue weighted by Crippen LogP contribution is -2.20. The average Bonchev–Trinajstić information content (AvgIpc) is 3.08. The quantitative estimate of drug-likeness (QED) is 0.106. The summed E-state index contributed by atoms with van der Waals surface area (Å²) in [7, 11) is 3.33. The Morgan fingerprint density at radius 1 is 0.787 bits per heavy atom. The summed E-state index contributed by atoms with van der Waals surface area (Å²) in [6, 6.07) is 8.36. The number of ether oxygens (including phenoxy) is 6. The number of methoxy groups -OCH3 is 4. The van der Waals surface area contributed by atoms with Gasteiger partial charge in [-0.1, -0.05) is 12.1 Å². The molecular formula is C28H28N5O13P. The molecule has 4 aromatic rings. The van der Waals surface area contributed by atoms with Crippen molar-refractivity contribution in [3.05, 3.63) is 69.3 Å². The number of rotatable bonds is 15. The van der Waals surface area contributed by atoms with Crippen LogP contribution in [0.5, 0.6) is 47.0 Å². The van der Waals surface area contributed by atoms with Gasteiger partial charge in [-0.15, -0.1) is 0 Å². The Morgan fingerprint density at radius 3 is 1.66 bits per heavy atom. The molecule has 0 atom stereocenters. The van der Waals surface area contributed by atoms with Gasteiger partial charge in [-0.05, 0) is 11.6 Å². The number of non-ortho nitro benzene ring substituents is 1. The minimum Gasteiger partial charge on any atom is -0.481 e. The molecule has 0 spiro atoms. The Morgan fingerprint density at radius 2 is 1.26 bits per heavy atom. The van der Waals surface area contributed by atoms with Crippen LogP contribution in [-0.4, -0.2) is 78.6 Å². The van der Waals surface area contributed by atoms with Gasteiger partial charge in [0.15, 0.2) is 5.75 Å². The van der Waals surface area contributed by atoms with Crippen LogP contribution < -0.4 is 33.7 Å². The van der Waals surface area contributed by atoms with E-state index >= 15 is 0 Å². The largest absolute Gasteiger partial charge is 0.481 e. The van der Waals surface area contributed by atoms with Crippen molar-refractivity contribution in [2.45, 2.75) is 6.42 Å². The lowest BCUT2D eigenvalue weighted by molar-refractivity contribution is -0.384. The molecule has 4 rings (SSSR count). The van der Waals surface area contributed by atoms with E-state index in [0.29, 0.717) is 5.56 Å². The van der Waals surface area contributed by atoms with E-state index in [2.05, 4.69) is 19.9 Å². The maximum atomic E-state index is 14.1. The topological polar surface area (TPSA) is 223 Å². The number of nitro groups is 1. The molecule has 0 aliphatic rings. The number of aromatic nitrogens is 4. The number of hydrogen-bond donors (Lipinski definition) is 1. The van der Waals surface area contributed by atoms with E-state index in [4.69, 9.17) is 37.5 Å². The Bertz CT molecular complexity index is 1790. The van der Waals surface area contributed by atoms with Crippen molar-refractivity contribution >= 4 is 24.6 Å². The Hall–Kier alpha value is -5.58. The molecule has 2 heterocycles. The van der Waals surface area contributed by atoms with Gasteiger partial charge in [-0.3, -0.25) is 14.7 Å². The van der Waals surface area contributed by atoms with E-state index in [1.807, 2.05) is 0 Å². The molecule has 0 aliphatic heterocycles. The minimum absolute atomic E-state index is 0.00426. The van der Waals surface area contributed by atoms with Crippen LogP contribution in [0.15, 0.2) is 42.5 Å². The zero-order valence-corrected chi connectivity index (χ0v) is 26.7. The highest BCUT2D eigenvalue weighted by Crippen LogP contribution is 2.50. The van der Waals surface area contributed by atoms with E-state index in [9.17, 15) is 24.6 Å². The fourth-order valence-electron chi connectivity index (χ4n) is 4.15. The van der Waals surface area contributed by atoms with Crippen molar-refractivity contribution in [1.82, 2.24) is 19.9 Å². The zero-order valence-electron chi connectivity index (χ0n) is 25.8. The van der Waals surface area contributed by atoms with Crippen LogP contribution in [0.3, 0.4) is 0 Å². The van der Waals surface area contributed by atoms with Crippen molar-refractivity contribution in [2.24, 2.45) is 0 Å². The number of nitro benzene ring substituents is 1. The predicted octanol–water partition coefficient (Wildman–Crippen LogP) is 4.19. The molecule has 0 aliphatic carbocycles. The normalized spacial score (nSPS) is 11.0. The lowest BCUT2D eigenvalue weighted by Gasteiger charge is -2.23. The number of hydrogen-bond acceptors (Lipinski definition) is 16. The number of nitrogens with zero attached hydrogens (tertiary/aromatic N) is 5. The first-order chi connectivity index (χ1) is 22.5. The summed E-state index contributed by atoms with van der Waals surface area (Å²) in [4.78, 5) is 40.1. The zero-order chi connectivity index (χ0) is 34.3. The number of carboxylic acid groups (broad SMARTS) is 1. The Kier molecular flexibility index (Phi) is 10.7. The van der Waals surface area contributed by atoms with E-state index in [1.54, 1.807) is 0 Å². The van der Waals surface area contributed by atoms with Gasteiger partial charge >= 0.3 is 25.6 Å². The summed E-state index contributed by atoms with van der Waals surface area (Å²) in [6.07, 6.45) is -0.204. The molecule has 0 bridgehead atoms. The van der Waals surface area contributed by atoms with Crippen molar-refractivity contribution in [1.29, 1.82) is 0 Å². The second-order valence-electron chi connectivity index (χ2n) is 9.02. The van der Waals surface area contributed by atoms with E-state index in [1.165, 1.54) is 64.8 Å². The van der Waals surface area contributed by atoms with E-state index in [-0.39, 0.29) is 46.5 Å². The van der Waals surface area contributed by atoms with Gasteiger partial charge in [0.1, 0.15) is 11.3 Å². The highest BCUT2D eigenvalue weighted by atomic mass is 31.2. The molecule has 18 nitrogen and oxygen atoms in total. The van der Waals surface area contributed by atoms with Crippen LogP contribution in [0.4, 0.5) is 5.69 Å². The standard InChI is InChI=1S/C28H28N5O13P/c1-39-20-13-21(40-2)30-27(29-20)45-18-12-19(47(38,43-5)44-6)17(11-15-7-9-16(10-8-15)33(36)37)25(24(18)26(34)35)46-28-31-22(41-3)14-23(32-28)42-4/h7-10,12-14H,11H2,1-6H3,(H,34,35). The maximum absolute atomic E-state index is 14.1. The third kappa shape index (κ3) is 7.63. The molecule has 0 saturated heterocycles. The van der Waals surface area contributed by atoms with Crippen molar-refractivity contribution in [3.63, 3.8) is 0 Å². The molecular weight excluding hydrogens is 645 g/mol. The lowest BCUT2D eigenvalue weighted by atomic mass is 10.00. The van der Waals surface area contributed by atoms with Gasteiger partial charge in [0, 0.05) is 38.3 Å². The number of carboxylic acids is 1. The van der Waals surface area contributed by atoms with Crippen LogP contribution in [-0.2, 0) is 20.0 Å². The molecule has 0 radical (unpaired) electrons. The van der Waals surface area contributed by atoms with Crippen molar-refractivity contribution < 1.29 is 56.9 Å². The highest BCUT2D eigenvalue weighted by Gasteiger charge is 2.36. The smallest absolute Gasteiger partial charge is 0.361 e. The molecule has 248 valence electrons. The first-order valence-electron chi connectivity index (χ1n) is 13.2. The fraction of sp³-hybridized carbons (Fsp3) is 0.250. The predicted molar refractivity (Wildman–Crippen MR) is 161 cm³/mol. The summed E-state index contributed by atoms with van der Waals surface area (Å²) in [5.41, 5.74) is -0.411. The molecule has 0 fully saturated rings. The van der Waals surface area contributed by atoms with Crippen LogP contribution >= 0.6 is 7.60 Å². The third-order valence-electron chi connectivity index (χ3n) is 6.39. The SMILES string of the molecule is COc1cc(OC)nc(Oc2cc(P(=O)(OC)OC)c(Cc3ccc([N+](=O)[O-])cc3)c(Oc3nc(OC)cc(OC)n3)c2C(=O)O)n1. The Balaban J connectivity index is 2.07. The third-order valence-corrected chi connectivity index (χ3v) is 8.34. The summed E-state index contributed by atoms with van der Waals surface area (Å²) in [5.74, 6) is -2.44. The van der Waals surface area contributed by atoms with Gasteiger partial charge in [-0.2, -0.15) is 19.9 Å². The van der Waals surface area contributed by atoms with Gasteiger partial charge < -0.3 is 42.6 Å². The summed E-state index contributed by atoms with van der Waals surface area (Å²) in [6.45, 7) is 0. The second kappa shape index (κ2) is 14.7. The molecule has 2 aromatic carbocycles. The summed E-state index contributed by atoms with van der Waals surface area (Å²) in [5, 5.41) is 21.6. The van der Waals surface area contributed by atoms with E-state index in [0.717, 1.165) is 20.3 Å². The van der Waals surface area contributed by atoms with Gasteiger partial charge in [-0.25, -0.2) is 4.79 Å². The molecule has 19 heteroatoms. The molecule has 2 aromatic heterocycles. The number of aromatic carboxylic acids is 1. The molecule has 0 unspecified atom stereocenters. The highest BCUT2D eigenvalue weighted by molar-refractivity contribution is 7.62. The molecule has 0 saturated carbocycles. The number of benzene rings is 2. The van der Waals surface area contributed by atoms with Crippen LogP contribution in [0, 0.1) is 10.1 Å². The van der Waals surface area contributed by atoms with Crippen LogP contribution in [0.2, 0.25) is 0 Å². The monoisotopic (exact) mass is 673 g/mol. The molecule has 0 amide bonds. The summed E-state index contributed by atoms with van der Waals surface area (Å²) < 4.78 is 57.3. The van der Waals surface area contributed by atoms with Crippen LogP contribution in [0.1, 0.15) is 21.5 Å². The average molecular weight is 674 g/mol. The van der Waals surface area contributed by atoms with E-state index < -0.39 is 47.6 Å². The van der Waals surface area contributed by atoms with Crippen LogP contribution in [0.25, 0.3) is 0 Å². The van der Waals surface area contributed by atoms with Gasteiger partial charge in [0.25, 0.3) is 5.69 Å². The fourth-order valence-corrected chi connectivity index (χ4v) is 5.48. The summed E-state index contributed by atoms with van der Waals surface area (Å²) >= 11 is 0. The molecule has 47 heavy (non-hydrogen) atoms. The number of carbonyl (C=O) groups is 1. The second-order valence-corrected chi connectivity index (χ2v) is 11.2. The minimum atomic E-state index is -4.25. The van der Waals surface area contributed by atoms with Crippen molar-refractivity contribution in [2.75, 3.05) is 42.7 Å². The Labute approximate surface area is 266 Å². The first kappa shape index (κ1) is 34.3. The van der Waals surface area contributed by atoms with Gasteiger partial charge in [0.2, 0.25) is 23.5 Å².